The number of hydrogen-bond acceptors (Lipinski definition) is 4. The Bertz CT molecular complexity index is 846. The van der Waals surface area contributed by atoms with Crippen LogP contribution in [-0.2, 0) is 21.4 Å². The number of hydrogen-bond donors (Lipinski definition) is 1. The van der Waals surface area contributed by atoms with Gasteiger partial charge in [-0.1, -0.05) is 42.5 Å². The Kier molecular flexibility index (Phi) is 6.06. The highest BCUT2D eigenvalue weighted by Gasteiger charge is 2.25. The van der Waals surface area contributed by atoms with Gasteiger partial charge in [-0.05, 0) is 24.6 Å². The number of nitrogens with two attached hydrogens (primary N) is 1. The number of Topliss-reactive ketones (excluding diaryl/α,β-unsaturated/α-hetero) is 1. The molecule has 0 aliphatic rings. The van der Waals surface area contributed by atoms with Gasteiger partial charge in [-0.15, -0.1) is 0 Å². The number of primary amides is 1. The van der Waals surface area contributed by atoms with Gasteiger partial charge in [0.15, 0.2) is 5.78 Å². The summed E-state index contributed by atoms with van der Waals surface area (Å²) in [6.45, 7) is 1.53. The number of amides is 1. The third-order valence-electron chi connectivity index (χ3n) is 3.71. The molecule has 0 heterocycles. The average Bonchev–Trinajstić information content (AvgIpc) is 2.59. The molecular weight excluding hydrogens is 340 g/mol. The van der Waals surface area contributed by atoms with Crippen LogP contribution in [-0.4, -0.2) is 31.0 Å². The van der Waals surface area contributed by atoms with Crippen LogP contribution in [0.4, 0.5) is 0 Å². The Morgan fingerprint density at radius 3 is 2.12 bits per heavy atom. The highest BCUT2D eigenvalue weighted by molar-refractivity contribution is 7.89. The predicted octanol–water partition coefficient (Wildman–Crippen LogP) is 1.96. The molecule has 0 saturated carbocycles. The number of ketones is 1. The van der Waals surface area contributed by atoms with E-state index in [2.05, 4.69) is 0 Å². The van der Waals surface area contributed by atoms with Gasteiger partial charge in [0.05, 0.1) is 4.90 Å². The number of nitrogens with zero attached hydrogens (tertiary/aromatic N) is 1. The van der Waals surface area contributed by atoms with Gasteiger partial charge in [-0.25, -0.2) is 8.42 Å². The molecule has 0 saturated heterocycles. The Labute approximate surface area is 147 Å². The largest absolute Gasteiger partial charge is 0.370 e. The van der Waals surface area contributed by atoms with Crippen molar-refractivity contribution in [2.24, 2.45) is 5.73 Å². The van der Waals surface area contributed by atoms with E-state index < -0.39 is 15.9 Å². The smallest absolute Gasteiger partial charge is 0.243 e. The van der Waals surface area contributed by atoms with E-state index in [1.165, 1.54) is 35.5 Å². The minimum absolute atomic E-state index is 0.0129. The Morgan fingerprint density at radius 1 is 1.00 bits per heavy atom. The number of carbonyl (C=O) groups excluding carboxylic acids is 2. The third-order valence-corrected chi connectivity index (χ3v) is 5.57. The molecule has 6 nitrogen and oxygen atoms in total. The average molecular weight is 360 g/mol. The summed E-state index contributed by atoms with van der Waals surface area (Å²) in [5.74, 6) is -0.709. The molecule has 2 aromatic rings. The lowest BCUT2D eigenvalue weighted by atomic mass is 10.2. The van der Waals surface area contributed by atoms with Crippen LogP contribution in [0.5, 0.6) is 0 Å². The minimum atomic E-state index is -3.82. The quantitative estimate of drug-likeness (QED) is 0.728. The van der Waals surface area contributed by atoms with E-state index in [0.717, 1.165) is 5.56 Å². The summed E-state index contributed by atoms with van der Waals surface area (Å²) in [7, 11) is -3.82. The molecule has 0 spiro atoms. The molecular formula is C18H20N2O4S. The van der Waals surface area contributed by atoms with E-state index in [1.54, 1.807) is 0 Å². The molecule has 7 heteroatoms. The lowest BCUT2D eigenvalue weighted by Gasteiger charge is -2.22. The van der Waals surface area contributed by atoms with Crippen molar-refractivity contribution in [2.75, 3.05) is 6.54 Å². The molecule has 0 fully saturated rings. The van der Waals surface area contributed by atoms with Gasteiger partial charge in [0.1, 0.15) is 0 Å². The van der Waals surface area contributed by atoms with Crippen molar-refractivity contribution in [3.8, 4) is 0 Å². The summed E-state index contributed by atoms with van der Waals surface area (Å²) in [6, 6.07) is 14.8. The van der Waals surface area contributed by atoms with Gasteiger partial charge in [0, 0.05) is 25.1 Å². The summed E-state index contributed by atoms with van der Waals surface area (Å²) in [6.07, 6.45) is -0.0718. The zero-order valence-electron chi connectivity index (χ0n) is 13.9. The first-order chi connectivity index (χ1) is 11.8. The SMILES string of the molecule is CC(=O)c1ccc(S(=O)(=O)N(CCC(N)=O)Cc2ccccc2)cc1. The van der Waals surface area contributed by atoms with Crippen LogP contribution < -0.4 is 5.73 Å². The second kappa shape index (κ2) is 8.04. The van der Waals surface area contributed by atoms with Crippen molar-refractivity contribution in [3.05, 3.63) is 65.7 Å². The molecule has 0 radical (unpaired) electrons. The maximum absolute atomic E-state index is 12.9. The van der Waals surface area contributed by atoms with Crippen LogP contribution in [0.1, 0.15) is 29.3 Å². The lowest BCUT2D eigenvalue weighted by Crippen LogP contribution is -2.33. The maximum atomic E-state index is 12.9. The van der Waals surface area contributed by atoms with E-state index >= 15 is 0 Å². The summed E-state index contributed by atoms with van der Waals surface area (Å²) in [5, 5.41) is 0. The Morgan fingerprint density at radius 2 is 1.60 bits per heavy atom. The monoisotopic (exact) mass is 360 g/mol. The van der Waals surface area contributed by atoms with Crippen LogP contribution in [0.25, 0.3) is 0 Å². The van der Waals surface area contributed by atoms with E-state index in [4.69, 9.17) is 5.73 Å². The van der Waals surface area contributed by atoms with Gasteiger partial charge in [0.2, 0.25) is 15.9 Å². The van der Waals surface area contributed by atoms with Gasteiger partial charge >= 0.3 is 0 Å². The van der Waals surface area contributed by atoms with E-state index in [1.807, 2.05) is 30.3 Å². The Balaban J connectivity index is 2.32. The molecule has 0 bridgehead atoms. The fraction of sp³-hybridized carbons (Fsp3) is 0.222. The Hall–Kier alpha value is -2.51. The van der Waals surface area contributed by atoms with Crippen molar-refractivity contribution in [2.45, 2.75) is 24.8 Å². The first-order valence-corrected chi connectivity index (χ1v) is 9.18. The van der Waals surface area contributed by atoms with E-state index in [0.29, 0.717) is 5.56 Å². The summed E-state index contributed by atoms with van der Waals surface area (Å²) < 4.78 is 27.1. The number of benzene rings is 2. The van der Waals surface area contributed by atoms with E-state index in [-0.39, 0.29) is 30.2 Å². The summed E-state index contributed by atoms with van der Waals surface area (Å²) in [4.78, 5) is 22.5. The van der Waals surface area contributed by atoms with Gasteiger partial charge in [-0.2, -0.15) is 4.31 Å². The molecule has 2 rings (SSSR count). The van der Waals surface area contributed by atoms with Gasteiger partial charge < -0.3 is 5.73 Å². The second-order valence-corrected chi connectivity index (χ2v) is 7.56. The maximum Gasteiger partial charge on any atom is 0.243 e. The molecule has 1 amide bonds. The minimum Gasteiger partial charge on any atom is -0.370 e. The highest BCUT2D eigenvalue weighted by atomic mass is 32.2. The molecule has 0 atom stereocenters. The lowest BCUT2D eigenvalue weighted by molar-refractivity contribution is -0.118. The normalized spacial score (nSPS) is 11.4. The molecule has 2 N–H and O–H groups in total. The molecule has 0 aliphatic carbocycles. The fourth-order valence-electron chi connectivity index (χ4n) is 2.32. The number of carbonyl (C=O) groups is 2. The molecule has 2 aromatic carbocycles. The molecule has 0 unspecified atom stereocenters. The van der Waals surface area contributed by atoms with Crippen molar-refractivity contribution in [1.29, 1.82) is 0 Å². The summed E-state index contributed by atoms with van der Waals surface area (Å²) >= 11 is 0. The van der Waals surface area contributed by atoms with Crippen molar-refractivity contribution in [3.63, 3.8) is 0 Å². The molecule has 132 valence electrons. The standard InChI is InChI=1S/C18H20N2O4S/c1-14(21)16-7-9-17(10-8-16)25(23,24)20(12-11-18(19)22)13-15-5-3-2-4-6-15/h2-10H,11-13H2,1H3,(H2,19,22). The van der Waals surface area contributed by atoms with E-state index in [9.17, 15) is 18.0 Å². The molecule has 0 aromatic heterocycles. The first kappa shape index (κ1) is 18.8. The summed E-state index contributed by atoms with van der Waals surface area (Å²) in [5.41, 5.74) is 6.41. The second-order valence-electron chi connectivity index (χ2n) is 5.62. The van der Waals surface area contributed by atoms with Crippen LogP contribution in [0.15, 0.2) is 59.5 Å². The number of sulfonamides is 1. The van der Waals surface area contributed by atoms with Crippen molar-refractivity contribution < 1.29 is 18.0 Å². The van der Waals surface area contributed by atoms with Gasteiger partial charge in [0.25, 0.3) is 0 Å². The molecule has 0 aliphatic heterocycles. The molecule has 25 heavy (non-hydrogen) atoms. The zero-order valence-corrected chi connectivity index (χ0v) is 14.7. The van der Waals surface area contributed by atoms with Crippen LogP contribution in [0.2, 0.25) is 0 Å². The highest BCUT2D eigenvalue weighted by Crippen LogP contribution is 2.19. The first-order valence-electron chi connectivity index (χ1n) is 7.74. The fourth-order valence-corrected chi connectivity index (χ4v) is 3.75. The van der Waals surface area contributed by atoms with Crippen LogP contribution in [0.3, 0.4) is 0 Å². The van der Waals surface area contributed by atoms with Crippen LogP contribution in [0, 0.1) is 0 Å². The topological polar surface area (TPSA) is 97.5 Å². The van der Waals surface area contributed by atoms with Crippen LogP contribution >= 0.6 is 0 Å². The number of rotatable bonds is 8. The van der Waals surface area contributed by atoms with Crippen molar-refractivity contribution in [1.82, 2.24) is 4.31 Å². The predicted molar refractivity (Wildman–Crippen MR) is 94.3 cm³/mol. The zero-order chi connectivity index (χ0) is 18.4. The third kappa shape index (κ3) is 4.98. The van der Waals surface area contributed by atoms with Gasteiger partial charge in [-0.3, -0.25) is 9.59 Å². The van der Waals surface area contributed by atoms with Crippen molar-refractivity contribution >= 4 is 21.7 Å².